The molecular weight excluding hydrogens is 841 g/mol. The van der Waals surface area contributed by atoms with E-state index >= 15 is 0 Å². The van der Waals surface area contributed by atoms with E-state index in [4.69, 9.17) is 28.4 Å². The Balaban J connectivity index is 4.66. The van der Waals surface area contributed by atoms with Gasteiger partial charge in [0, 0.05) is 0 Å². The zero-order chi connectivity index (χ0) is 49.6. The number of hydrogen-bond donors (Lipinski definition) is 0. The van der Waals surface area contributed by atoms with Gasteiger partial charge in [-0.05, 0) is 77.0 Å². The number of ether oxygens (including phenoxy) is 6. The molecule has 0 aliphatic heterocycles. The topological polar surface area (TPSA) is 158 Å². The maximum Gasteiger partial charge on any atom is 0.309 e. The zero-order valence-electron chi connectivity index (χ0n) is 43.8. The van der Waals surface area contributed by atoms with E-state index < -0.39 is 108 Å². The van der Waals surface area contributed by atoms with E-state index in [1.54, 1.807) is 0 Å². The average molecular weight is 937 g/mol. The normalized spacial score (nSPS) is 19.7. The Bertz CT molecular complexity index is 1070. The molecule has 0 saturated heterocycles. The van der Waals surface area contributed by atoms with E-state index in [-0.39, 0.29) is 0 Å². The molecule has 0 radical (unpaired) electrons. The van der Waals surface area contributed by atoms with Crippen LogP contribution in [-0.2, 0) is 57.2 Å². The van der Waals surface area contributed by atoms with Crippen LogP contribution in [0.1, 0.15) is 237 Å². The van der Waals surface area contributed by atoms with Crippen molar-refractivity contribution in [3.63, 3.8) is 0 Å². The van der Waals surface area contributed by atoms with Gasteiger partial charge in [-0.25, -0.2) is 0 Å². The Kier molecular flexibility index (Phi) is 32.3. The number of carbonyl (C=O) groups is 6. The predicted octanol–water partition coefficient (Wildman–Crippen LogP) is 12.8. The maximum atomic E-state index is 14.6. The number of carbonyl (C=O) groups excluding carboxylic acids is 6. The van der Waals surface area contributed by atoms with Gasteiger partial charge in [-0.3, -0.25) is 28.8 Å². The summed E-state index contributed by atoms with van der Waals surface area (Å²) in [5, 5.41) is 0. The molecule has 1 aliphatic rings. The monoisotopic (exact) mass is 937 g/mol. The van der Waals surface area contributed by atoms with E-state index in [0.717, 1.165) is 0 Å². The van der Waals surface area contributed by atoms with Crippen molar-refractivity contribution < 1.29 is 57.2 Å². The highest BCUT2D eigenvalue weighted by Gasteiger charge is 2.62. The number of hydrogen-bond acceptors (Lipinski definition) is 12. The summed E-state index contributed by atoms with van der Waals surface area (Å²) in [4.78, 5) is 87.8. The quantitative estimate of drug-likeness (QED) is 0.0433. The van der Waals surface area contributed by atoms with Gasteiger partial charge in [0.2, 0.25) is 0 Å². The van der Waals surface area contributed by atoms with Gasteiger partial charge in [-0.2, -0.15) is 0 Å². The fourth-order valence-corrected chi connectivity index (χ4v) is 9.77. The molecule has 0 aromatic heterocycles. The molecule has 0 unspecified atom stereocenters. The zero-order valence-corrected chi connectivity index (χ0v) is 43.8. The van der Waals surface area contributed by atoms with E-state index in [9.17, 15) is 28.8 Å². The van der Waals surface area contributed by atoms with Crippen molar-refractivity contribution in [1.82, 2.24) is 0 Å². The minimum Gasteiger partial charge on any atom is -0.454 e. The first-order valence-electron chi connectivity index (χ1n) is 27.0. The van der Waals surface area contributed by atoms with Crippen LogP contribution in [0.2, 0.25) is 0 Å². The second kappa shape index (κ2) is 35.0. The molecule has 1 saturated carbocycles. The van der Waals surface area contributed by atoms with Gasteiger partial charge in [0.25, 0.3) is 0 Å². The highest BCUT2D eigenvalue weighted by Crippen LogP contribution is 2.39. The molecule has 0 heterocycles. The van der Waals surface area contributed by atoms with Gasteiger partial charge in [0.05, 0.1) is 35.5 Å². The Morgan fingerprint density at radius 2 is 0.318 bits per heavy atom. The van der Waals surface area contributed by atoms with Crippen LogP contribution in [-0.4, -0.2) is 72.4 Å². The van der Waals surface area contributed by atoms with Crippen molar-refractivity contribution in [2.45, 2.75) is 274 Å². The fourth-order valence-electron chi connectivity index (χ4n) is 9.77. The van der Waals surface area contributed by atoms with E-state index in [1.165, 1.54) is 0 Å². The minimum absolute atomic E-state index is 0.511. The molecule has 0 spiro atoms. The first-order chi connectivity index (χ1) is 31.7. The number of esters is 6. The Hall–Kier alpha value is -3.18. The lowest BCUT2D eigenvalue weighted by Gasteiger charge is -2.48. The molecular formula is C54H96O12. The molecule has 12 heteroatoms. The van der Waals surface area contributed by atoms with Gasteiger partial charge in [-0.15, -0.1) is 0 Å². The standard InChI is InChI=1S/C54H96O12/c1-13-25-37(26-14-2)49(55)61-43-44(62-50(56)38(27-15-3)28-16-4)46(64-52(58)40(31-19-7)32-20-8)48(66-54(60)42(35-23-11)36-24-12)47(65-53(59)41(33-21-9)34-22-10)45(43)63-51(57)39(29-17-5)30-18-6/h37-48H,13-36H2,1-12H3. The lowest BCUT2D eigenvalue weighted by Crippen LogP contribution is -2.69. The summed E-state index contributed by atoms with van der Waals surface area (Å²) in [5.41, 5.74) is 0. The molecule has 0 atom stereocenters. The summed E-state index contributed by atoms with van der Waals surface area (Å²) in [5.74, 6) is -6.85. The van der Waals surface area contributed by atoms with Gasteiger partial charge in [0.1, 0.15) is 0 Å². The molecule has 66 heavy (non-hydrogen) atoms. The highest BCUT2D eigenvalue weighted by atomic mass is 16.7. The minimum atomic E-state index is -1.60. The molecule has 1 fully saturated rings. The molecule has 0 aromatic carbocycles. The first-order valence-corrected chi connectivity index (χ1v) is 27.0. The summed E-state index contributed by atoms with van der Waals surface area (Å²) >= 11 is 0. The van der Waals surface area contributed by atoms with E-state index in [2.05, 4.69) is 0 Å². The largest absolute Gasteiger partial charge is 0.454 e. The molecule has 384 valence electrons. The van der Waals surface area contributed by atoms with Crippen LogP contribution in [0.25, 0.3) is 0 Å². The van der Waals surface area contributed by atoms with Crippen LogP contribution in [0.5, 0.6) is 0 Å². The van der Waals surface area contributed by atoms with Crippen LogP contribution < -0.4 is 0 Å². The van der Waals surface area contributed by atoms with Gasteiger partial charge in [0.15, 0.2) is 36.6 Å². The summed E-state index contributed by atoms with van der Waals surface area (Å²) in [6.07, 6.45) is 4.78. The number of rotatable bonds is 36. The average Bonchev–Trinajstić information content (AvgIpc) is 3.28. The first kappa shape index (κ1) is 60.8. The van der Waals surface area contributed by atoms with Crippen LogP contribution in [0, 0.1) is 35.5 Å². The van der Waals surface area contributed by atoms with Crippen LogP contribution >= 0.6 is 0 Å². The third kappa shape index (κ3) is 19.8. The van der Waals surface area contributed by atoms with Crippen molar-refractivity contribution in [3.8, 4) is 0 Å². The van der Waals surface area contributed by atoms with Gasteiger partial charge < -0.3 is 28.4 Å². The molecule has 0 bridgehead atoms. The van der Waals surface area contributed by atoms with Gasteiger partial charge >= 0.3 is 35.8 Å². The fraction of sp³-hybridized carbons (Fsp3) is 0.889. The lowest BCUT2D eigenvalue weighted by molar-refractivity contribution is -0.266. The molecule has 1 rings (SSSR count). The van der Waals surface area contributed by atoms with Gasteiger partial charge in [-0.1, -0.05) is 160 Å². The van der Waals surface area contributed by atoms with Crippen molar-refractivity contribution in [2.24, 2.45) is 35.5 Å². The third-order valence-electron chi connectivity index (χ3n) is 13.1. The van der Waals surface area contributed by atoms with E-state index in [0.29, 0.717) is 154 Å². The molecule has 0 amide bonds. The summed E-state index contributed by atoms with van der Waals surface area (Å²) in [6, 6.07) is 0. The van der Waals surface area contributed by atoms with E-state index in [1.807, 2.05) is 83.1 Å². The highest BCUT2D eigenvalue weighted by molar-refractivity contribution is 5.77. The molecule has 1 aliphatic carbocycles. The molecule has 12 nitrogen and oxygen atoms in total. The second-order valence-electron chi connectivity index (χ2n) is 19.1. The van der Waals surface area contributed by atoms with Crippen molar-refractivity contribution in [2.75, 3.05) is 0 Å². The maximum absolute atomic E-state index is 14.6. The smallest absolute Gasteiger partial charge is 0.309 e. The Morgan fingerprint density at radius 3 is 0.394 bits per heavy atom. The summed E-state index contributed by atoms with van der Waals surface area (Å²) in [6.45, 7) is 23.8. The van der Waals surface area contributed by atoms with Crippen LogP contribution in [0.3, 0.4) is 0 Å². The second-order valence-corrected chi connectivity index (χ2v) is 19.1. The SMILES string of the molecule is CCCC(CCC)C(=O)OC1C(OC(=O)C(CCC)CCC)C(OC(=O)C(CCC)CCC)C(OC(=O)C(CCC)CCC)C(OC(=O)C(CCC)CCC)C1OC(=O)C(CCC)CCC. The summed E-state index contributed by atoms with van der Waals surface area (Å²) in [7, 11) is 0. The van der Waals surface area contributed by atoms with Crippen molar-refractivity contribution in [3.05, 3.63) is 0 Å². The summed E-state index contributed by atoms with van der Waals surface area (Å²) < 4.78 is 39.5. The van der Waals surface area contributed by atoms with Crippen molar-refractivity contribution >= 4 is 35.8 Å². The third-order valence-corrected chi connectivity index (χ3v) is 13.1. The van der Waals surface area contributed by atoms with Crippen LogP contribution in [0.4, 0.5) is 0 Å². The predicted molar refractivity (Wildman–Crippen MR) is 259 cm³/mol. The Labute approximate surface area is 401 Å². The Morgan fingerprint density at radius 1 is 0.227 bits per heavy atom. The van der Waals surface area contributed by atoms with Crippen molar-refractivity contribution in [1.29, 1.82) is 0 Å². The van der Waals surface area contributed by atoms with Crippen LogP contribution in [0.15, 0.2) is 0 Å². The lowest BCUT2D eigenvalue weighted by atomic mass is 9.82. The molecule has 0 N–H and O–H groups in total. The molecule has 0 aromatic rings.